The quantitative estimate of drug-likeness (QED) is 0.0349. The van der Waals surface area contributed by atoms with Crippen molar-refractivity contribution in [1.82, 2.24) is 0 Å². The Hall–Kier alpha value is -1.59. The normalized spacial score (nSPS) is 12.2. The van der Waals surface area contributed by atoms with Gasteiger partial charge < -0.3 is 14.2 Å². The zero-order valence-electron chi connectivity index (χ0n) is 37.7. The third kappa shape index (κ3) is 43.4. The molecule has 1 atom stereocenters. The highest BCUT2D eigenvalue weighted by Crippen LogP contribution is 2.17. The summed E-state index contributed by atoms with van der Waals surface area (Å²) in [5.41, 5.74) is 0. The molecule has 0 aromatic heterocycles. The van der Waals surface area contributed by atoms with Crippen LogP contribution in [0.3, 0.4) is 0 Å². The number of hydrogen-bond acceptors (Lipinski definition) is 6. The Balaban J connectivity index is 4.28. The summed E-state index contributed by atoms with van der Waals surface area (Å²) in [4.78, 5) is 37.8. The molecule has 0 aliphatic carbocycles. The van der Waals surface area contributed by atoms with Gasteiger partial charge >= 0.3 is 17.9 Å². The number of rotatable bonds is 42. The van der Waals surface area contributed by atoms with E-state index < -0.39 is 6.10 Å². The summed E-state index contributed by atoms with van der Waals surface area (Å²) in [6, 6.07) is 0. The van der Waals surface area contributed by atoms with Gasteiger partial charge in [0.05, 0.1) is 0 Å². The van der Waals surface area contributed by atoms with Crippen molar-refractivity contribution in [2.24, 2.45) is 17.8 Å². The molecule has 0 heterocycles. The topological polar surface area (TPSA) is 78.9 Å². The van der Waals surface area contributed by atoms with E-state index in [0.29, 0.717) is 19.3 Å². The summed E-state index contributed by atoms with van der Waals surface area (Å²) in [5, 5.41) is 0. The van der Waals surface area contributed by atoms with Crippen molar-refractivity contribution in [2.75, 3.05) is 13.2 Å². The van der Waals surface area contributed by atoms with Gasteiger partial charge in [0.15, 0.2) is 6.10 Å². The molecule has 0 aromatic rings. The van der Waals surface area contributed by atoms with Crippen LogP contribution in [0.2, 0.25) is 0 Å². The smallest absolute Gasteiger partial charge is 0.306 e. The van der Waals surface area contributed by atoms with Gasteiger partial charge in [-0.2, -0.15) is 0 Å². The van der Waals surface area contributed by atoms with E-state index in [4.69, 9.17) is 14.2 Å². The second-order valence-electron chi connectivity index (χ2n) is 18.2. The van der Waals surface area contributed by atoms with Gasteiger partial charge in [-0.25, -0.2) is 0 Å². The predicted octanol–water partition coefficient (Wildman–Crippen LogP) is 15.2. The Morgan fingerprint density at radius 2 is 0.527 bits per heavy atom. The van der Waals surface area contributed by atoms with Crippen LogP contribution in [0.25, 0.3) is 0 Å². The maximum atomic E-state index is 12.7. The first kappa shape index (κ1) is 53.4. The van der Waals surface area contributed by atoms with E-state index >= 15 is 0 Å². The Morgan fingerprint density at radius 3 is 0.782 bits per heavy atom. The van der Waals surface area contributed by atoms with Crippen LogP contribution in [0.4, 0.5) is 0 Å². The molecule has 6 nitrogen and oxygen atoms in total. The lowest BCUT2D eigenvalue weighted by Gasteiger charge is -2.18. The van der Waals surface area contributed by atoms with Crippen molar-refractivity contribution < 1.29 is 28.6 Å². The summed E-state index contributed by atoms with van der Waals surface area (Å²) >= 11 is 0. The molecule has 0 amide bonds. The molecule has 0 rings (SSSR count). The van der Waals surface area contributed by atoms with Crippen LogP contribution >= 0.6 is 0 Å². The van der Waals surface area contributed by atoms with Crippen LogP contribution in [0.15, 0.2) is 0 Å². The van der Waals surface area contributed by atoms with Gasteiger partial charge in [-0.05, 0) is 37.0 Å². The van der Waals surface area contributed by atoms with Crippen LogP contribution in [0, 0.1) is 17.8 Å². The molecule has 0 fully saturated rings. The first-order valence-electron chi connectivity index (χ1n) is 24.1. The Labute approximate surface area is 342 Å². The predicted molar refractivity (Wildman–Crippen MR) is 233 cm³/mol. The van der Waals surface area contributed by atoms with Crippen LogP contribution in [0.1, 0.15) is 260 Å². The molecule has 0 bridgehead atoms. The second-order valence-corrected chi connectivity index (χ2v) is 18.2. The first-order valence-corrected chi connectivity index (χ1v) is 24.1. The van der Waals surface area contributed by atoms with Crippen molar-refractivity contribution in [2.45, 2.75) is 266 Å². The fourth-order valence-electron chi connectivity index (χ4n) is 7.23. The number of hydrogen-bond donors (Lipinski definition) is 0. The van der Waals surface area contributed by atoms with E-state index in [1.54, 1.807) is 0 Å². The first-order chi connectivity index (χ1) is 26.6. The van der Waals surface area contributed by atoms with Crippen LogP contribution in [0.5, 0.6) is 0 Å². The number of carbonyl (C=O) groups is 3. The lowest BCUT2D eigenvalue weighted by molar-refractivity contribution is -0.167. The summed E-state index contributed by atoms with van der Waals surface area (Å²) in [5.74, 6) is 1.55. The van der Waals surface area contributed by atoms with Gasteiger partial charge in [0.25, 0.3) is 0 Å². The molecule has 0 aromatic carbocycles. The molecule has 0 aliphatic heterocycles. The lowest BCUT2D eigenvalue weighted by Crippen LogP contribution is -2.30. The van der Waals surface area contributed by atoms with Crippen molar-refractivity contribution in [3.8, 4) is 0 Å². The summed E-state index contributed by atoms with van der Waals surface area (Å²) in [7, 11) is 0. The monoisotopic (exact) mass is 779 g/mol. The third-order valence-electron chi connectivity index (χ3n) is 10.9. The molecular formula is C49H94O6. The highest BCUT2D eigenvalue weighted by molar-refractivity contribution is 5.71. The van der Waals surface area contributed by atoms with Gasteiger partial charge in [0.1, 0.15) is 13.2 Å². The molecule has 0 saturated carbocycles. The highest BCUT2D eigenvalue weighted by Gasteiger charge is 2.19. The minimum Gasteiger partial charge on any atom is -0.462 e. The van der Waals surface area contributed by atoms with E-state index in [9.17, 15) is 14.4 Å². The van der Waals surface area contributed by atoms with Crippen LogP contribution in [-0.4, -0.2) is 37.2 Å². The van der Waals surface area contributed by atoms with E-state index in [0.717, 1.165) is 75.5 Å². The Kier molecular flexibility index (Phi) is 39.4. The zero-order valence-corrected chi connectivity index (χ0v) is 37.7. The largest absolute Gasteiger partial charge is 0.462 e. The van der Waals surface area contributed by atoms with Gasteiger partial charge in [0, 0.05) is 19.3 Å². The van der Waals surface area contributed by atoms with E-state index in [1.807, 2.05) is 0 Å². The average Bonchev–Trinajstić information content (AvgIpc) is 3.13. The molecule has 0 spiro atoms. The van der Waals surface area contributed by atoms with Gasteiger partial charge in [-0.3, -0.25) is 14.4 Å². The SMILES string of the molecule is CC(C)CCCCCCCCCCCCCCC(=O)OC[C@@H](COC(=O)CCCCCCCCCCCCC(C)C)OC(=O)CCCCCCCCC(C)C. The molecule has 0 radical (unpaired) electrons. The number of esters is 3. The van der Waals surface area contributed by atoms with Gasteiger partial charge in [-0.1, -0.05) is 221 Å². The number of ether oxygens (including phenoxy) is 3. The third-order valence-corrected chi connectivity index (χ3v) is 10.9. The van der Waals surface area contributed by atoms with Gasteiger partial charge in [-0.15, -0.1) is 0 Å². The zero-order chi connectivity index (χ0) is 40.6. The number of carbonyl (C=O) groups excluding carboxylic acids is 3. The molecule has 326 valence electrons. The van der Waals surface area contributed by atoms with E-state index in [2.05, 4.69) is 41.5 Å². The molecule has 0 N–H and O–H groups in total. The fourth-order valence-corrected chi connectivity index (χ4v) is 7.23. The van der Waals surface area contributed by atoms with Crippen molar-refractivity contribution in [1.29, 1.82) is 0 Å². The Bertz CT molecular complexity index is 852. The summed E-state index contributed by atoms with van der Waals surface area (Å²) in [6.07, 6.45) is 38.2. The van der Waals surface area contributed by atoms with Crippen molar-refractivity contribution in [3.63, 3.8) is 0 Å². The van der Waals surface area contributed by atoms with E-state index in [-0.39, 0.29) is 31.1 Å². The molecular weight excluding hydrogens is 685 g/mol. The summed E-state index contributed by atoms with van der Waals surface area (Å²) < 4.78 is 16.7. The highest BCUT2D eigenvalue weighted by atomic mass is 16.6. The van der Waals surface area contributed by atoms with Gasteiger partial charge in [0.2, 0.25) is 0 Å². The lowest BCUT2D eigenvalue weighted by atomic mass is 10.0. The minimum absolute atomic E-state index is 0.0663. The maximum absolute atomic E-state index is 12.7. The Morgan fingerprint density at radius 1 is 0.309 bits per heavy atom. The average molecular weight is 779 g/mol. The molecule has 0 saturated heterocycles. The molecule has 0 aliphatic rings. The van der Waals surface area contributed by atoms with Crippen LogP contribution < -0.4 is 0 Å². The molecule has 0 unspecified atom stereocenters. The van der Waals surface area contributed by atoms with E-state index in [1.165, 1.54) is 141 Å². The maximum Gasteiger partial charge on any atom is 0.306 e. The second kappa shape index (κ2) is 40.6. The minimum atomic E-state index is -0.762. The van der Waals surface area contributed by atoms with Crippen molar-refractivity contribution >= 4 is 17.9 Å². The molecule has 55 heavy (non-hydrogen) atoms. The molecule has 6 heteroatoms. The van der Waals surface area contributed by atoms with Crippen molar-refractivity contribution in [3.05, 3.63) is 0 Å². The standard InChI is InChI=1S/C49H94O6/c1-43(2)35-29-23-17-13-9-7-8-10-15-19-26-32-38-47(50)53-41-46(55-49(52)40-34-28-22-21-25-31-37-45(5)6)42-54-48(51)39-33-27-20-16-12-11-14-18-24-30-36-44(3)4/h43-46H,7-42H2,1-6H3/t46-/m0/s1. The van der Waals surface area contributed by atoms with Crippen LogP contribution in [-0.2, 0) is 28.6 Å². The summed E-state index contributed by atoms with van der Waals surface area (Å²) in [6.45, 7) is 13.6. The fraction of sp³-hybridized carbons (Fsp3) is 0.939. The number of unbranched alkanes of at least 4 members (excludes halogenated alkanes) is 25.